The first-order chi connectivity index (χ1) is 14.2. The van der Waals surface area contributed by atoms with Crippen LogP contribution in [0.3, 0.4) is 0 Å². The monoisotopic (exact) mass is 428 g/mol. The minimum Gasteiger partial charge on any atom is -0.459 e. The summed E-state index contributed by atoms with van der Waals surface area (Å²) < 4.78 is 10.8. The number of aromatic nitrogens is 1. The van der Waals surface area contributed by atoms with Crippen molar-refractivity contribution in [3.05, 3.63) is 70.9 Å². The largest absolute Gasteiger partial charge is 0.459 e. The van der Waals surface area contributed by atoms with Gasteiger partial charge in [0.2, 0.25) is 0 Å². The quantitative estimate of drug-likeness (QED) is 0.541. The second-order valence-corrected chi connectivity index (χ2v) is 8.37. The zero-order valence-electron chi connectivity index (χ0n) is 17.2. The van der Waals surface area contributed by atoms with Crippen LogP contribution in [0.25, 0.3) is 10.9 Å². The maximum atomic E-state index is 12.8. The number of rotatable bonds is 6. The van der Waals surface area contributed by atoms with E-state index in [-0.39, 0.29) is 13.0 Å². The van der Waals surface area contributed by atoms with Crippen LogP contribution in [0, 0.1) is 0 Å². The molecule has 0 unspecified atom stereocenters. The van der Waals surface area contributed by atoms with E-state index in [0.29, 0.717) is 10.6 Å². The van der Waals surface area contributed by atoms with Crippen LogP contribution in [0.15, 0.2) is 54.7 Å². The Balaban J connectivity index is 1.76. The molecule has 1 amide bonds. The lowest BCUT2D eigenvalue weighted by atomic mass is 10.1. The van der Waals surface area contributed by atoms with E-state index in [1.54, 1.807) is 39.0 Å². The number of para-hydroxylation sites is 1. The first-order valence-electron chi connectivity index (χ1n) is 9.67. The van der Waals surface area contributed by atoms with E-state index in [4.69, 9.17) is 21.1 Å². The Labute approximate surface area is 180 Å². The van der Waals surface area contributed by atoms with Gasteiger partial charge in [-0.25, -0.2) is 9.59 Å². The third kappa shape index (κ3) is 5.76. The summed E-state index contributed by atoms with van der Waals surface area (Å²) in [6, 6.07) is 14.0. The van der Waals surface area contributed by atoms with Gasteiger partial charge in [0, 0.05) is 34.1 Å². The topological polar surface area (TPSA) is 80.4 Å². The second-order valence-electron chi connectivity index (χ2n) is 7.96. The highest BCUT2D eigenvalue weighted by Crippen LogP contribution is 2.21. The lowest BCUT2D eigenvalue weighted by Crippen LogP contribution is -2.45. The van der Waals surface area contributed by atoms with Crippen molar-refractivity contribution in [3.63, 3.8) is 0 Å². The summed E-state index contributed by atoms with van der Waals surface area (Å²) in [5.41, 5.74) is 1.85. The van der Waals surface area contributed by atoms with Crippen molar-refractivity contribution in [2.75, 3.05) is 0 Å². The minimum absolute atomic E-state index is 0.0128. The molecular formula is C23H25ClN2O4. The van der Waals surface area contributed by atoms with Crippen molar-refractivity contribution in [2.24, 2.45) is 0 Å². The smallest absolute Gasteiger partial charge is 0.408 e. The number of alkyl carbamates (subject to hydrolysis) is 1. The number of nitrogens with one attached hydrogen (secondary N) is 2. The van der Waals surface area contributed by atoms with E-state index in [0.717, 1.165) is 16.5 Å². The van der Waals surface area contributed by atoms with Gasteiger partial charge in [-0.15, -0.1) is 0 Å². The van der Waals surface area contributed by atoms with Crippen LogP contribution in [-0.4, -0.2) is 28.7 Å². The minimum atomic E-state index is -0.915. The van der Waals surface area contributed by atoms with E-state index in [1.165, 1.54) is 0 Å². The van der Waals surface area contributed by atoms with E-state index in [9.17, 15) is 9.59 Å². The summed E-state index contributed by atoms with van der Waals surface area (Å²) >= 11 is 6.14. The van der Waals surface area contributed by atoms with Gasteiger partial charge in [0.05, 0.1) is 0 Å². The molecule has 1 aromatic heterocycles. The second kappa shape index (κ2) is 9.22. The number of carbonyl (C=O) groups excluding carboxylic acids is 2. The highest BCUT2D eigenvalue weighted by Gasteiger charge is 2.27. The Kier molecular flexibility index (Phi) is 6.67. The maximum absolute atomic E-state index is 12.8. The molecule has 30 heavy (non-hydrogen) atoms. The number of benzene rings is 2. The number of carbonyl (C=O) groups is 2. The molecule has 0 fully saturated rings. The molecule has 0 saturated carbocycles. The number of fused-ring (bicyclic) bond motifs is 1. The Morgan fingerprint density at radius 2 is 1.77 bits per heavy atom. The van der Waals surface area contributed by atoms with Crippen molar-refractivity contribution >= 4 is 34.6 Å². The number of amides is 1. The van der Waals surface area contributed by atoms with E-state index in [2.05, 4.69) is 10.3 Å². The van der Waals surface area contributed by atoms with Gasteiger partial charge in [-0.1, -0.05) is 48.0 Å². The molecule has 0 saturated heterocycles. The molecule has 1 heterocycles. The van der Waals surface area contributed by atoms with Crippen molar-refractivity contribution < 1.29 is 19.1 Å². The summed E-state index contributed by atoms with van der Waals surface area (Å²) in [7, 11) is 0. The van der Waals surface area contributed by atoms with E-state index >= 15 is 0 Å². The number of hydrogen-bond acceptors (Lipinski definition) is 4. The Bertz CT molecular complexity index is 1040. The van der Waals surface area contributed by atoms with Crippen LogP contribution < -0.4 is 5.32 Å². The molecule has 3 aromatic rings. The van der Waals surface area contributed by atoms with Crippen LogP contribution >= 0.6 is 11.6 Å². The Morgan fingerprint density at radius 3 is 2.50 bits per heavy atom. The molecule has 7 heteroatoms. The molecule has 6 nitrogen and oxygen atoms in total. The number of hydrogen-bond donors (Lipinski definition) is 2. The number of aromatic amines is 1. The van der Waals surface area contributed by atoms with Gasteiger partial charge < -0.3 is 19.8 Å². The normalized spacial score (nSPS) is 12.4. The lowest BCUT2D eigenvalue weighted by molar-refractivity contribution is -0.147. The maximum Gasteiger partial charge on any atom is 0.408 e. The van der Waals surface area contributed by atoms with Crippen molar-refractivity contribution in [1.82, 2.24) is 10.3 Å². The fourth-order valence-corrected chi connectivity index (χ4v) is 3.22. The first kappa shape index (κ1) is 21.7. The van der Waals surface area contributed by atoms with Gasteiger partial charge >= 0.3 is 12.1 Å². The molecule has 0 aliphatic carbocycles. The van der Waals surface area contributed by atoms with Crippen molar-refractivity contribution in [3.8, 4) is 0 Å². The average molecular weight is 429 g/mol. The SMILES string of the molecule is CC(C)(C)OC(=O)N[C@@H](Cc1c[nH]c2ccccc12)C(=O)OCc1ccccc1Cl. The highest BCUT2D eigenvalue weighted by molar-refractivity contribution is 6.31. The molecule has 158 valence electrons. The molecule has 1 atom stereocenters. The summed E-state index contributed by atoms with van der Waals surface area (Å²) in [5.74, 6) is -0.564. The standard InChI is InChI=1S/C23H25ClN2O4/c1-23(2,3)30-22(28)26-20(12-16-13-25-19-11-7-5-9-17(16)19)21(27)29-14-15-8-4-6-10-18(15)24/h4-11,13,20,25H,12,14H2,1-3H3,(H,26,28)/t20-/m0/s1. The number of halogens is 1. The van der Waals surface area contributed by atoms with Crippen LogP contribution in [0.2, 0.25) is 5.02 Å². The van der Waals surface area contributed by atoms with Crippen LogP contribution in [0.1, 0.15) is 31.9 Å². The summed E-state index contributed by atoms with van der Waals surface area (Å²) in [6.45, 7) is 5.30. The van der Waals surface area contributed by atoms with Gasteiger partial charge in [0.15, 0.2) is 0 Å². The molecule has 0 aliphatic rings. The third-order valence-electron chi connectivity index (χ3n) is 4.40. The zero-order valence-corrected chi connectivity index (χ0v) is 18.0. The summed E-state index contributed by atoms with van der Waals surface area (Å²) in [4.78, 5) is 28.3. The lowest BCUT2D eigenvalue weighted by Gasteiger charge is -2.23. The average Bonchev–Trinajstić information content (AvgIpc) is 3.08. The highest BCUT2D eigenvalue weighted by atomic mass is 35.5. The van der Waals surface area contributed by atoms with Crippen LogP contribution in [0.5, 0.6) is 0 Å². The third-order valence-corrected chi connectivity index (χ3v) is 4.77. The Morgan fingerprint density at radius 1 is 1.07 bits per heavy atom. The molecule has 0 radical (unpaired) electrons. The van der Waals surface area contributed by atoms with Crippen LogP contribution in [-0.2, 0) is 27.3 Å². The number of H-pyrrole nitrogens is 1. The fourth-order valence-electron chi connectivity index (χ4n) is 3.03. The van der Waals surface area contributed by atoms with Gasteiger partial charge in [-0.2, -0.15) is 0 Å². The van der Waals surface area contributed by atoms with Gasteiger partial charge in [0.25, 0.3) is 0 Å². The zero-order chi connectivity index (χ0) is 21.7. The van der Waals surface area contributed by atoms with Crippen molar-refractivity contribution in [1.29, 1.82) is 0 Å². The number of esters is 1. The van der Waals surface area contributed by atoms with Gasteiger partial charge in [-0.05, 0) is 38.5 Å². The molecular weight excluding hydrogens is 404 g/mol. The molecule has 0 aliphatic heterocycles. The number of ether oxygens (including phenoxy) is 2. The predicted molar refractivity (Wildman–Crippen MR) is 116 cm³/mol. The molecule has 2 aromatic carbocycles. The molecule has 3 rings (SSSR count). The van der Waals surface area contributed by atoms with E-state index in [1.807, 2.05) is 36.5 Å². The first-order valence-corrected chi connectivity index (χ1v) is 10.1. The van der Waals surface area contributed by atoms with Crippen LogP contribution in [0.4, 0.5) is 4.79 Å². The van der Waals surface area contributed by atoms with Gasteiger partial charge in [0.1, 0.15) is 18.2 Å². The summed E-state index contributed by atoms with van der Waals surface area (Å²) in [5, 5.41) is 4.14. The molecule has 0 bridgehead atoms. The predicted octanol–water partition coefficient (Wildman–Crippen LogP) is 5.00. The fraction of sp³-hybridized carbons (Fsp3) is 0.304. The Hall–Kier alpha value is -2.99. The molecule has 0 spiro atoms. The van der Waals surface area contributed by atoms with E-state index < -0.39 is 23.7 Å². The summed E-state index contributed by atoms with van der Waals surface area (Å²) in [6.07, 6.45) is 1.41. The molecule has 2 N–H and O–H groups in total. The van der Waals surface area contributed by atoms with Crippen molar-refractivity contribution in [2.45, 2.75) is 45.4 Å². The van der Waals surface area contributed by atoms with Gasteiger partial charge in [-0.3, -0.25) is 0 Å².